The number of fused-ring (bicyclic) bond motifs is 19. The first-order valence-electron chi connectivity index (χ1n) is 52.5. The molecule has 0 amide bonds. The van der Waals surface area contributed by atoms with Gasteiger partial charge in [-0.2, -0.15) is 0 Å². The van der Waals surface area contributed by atoms with Crippen LogP contribution in [-0.4, -0.2) is 0 Å². The van der Waals surface area contributed by atoms with Crippen molar-refractivity contribution in [3.05, 3.63) is 568 Å². The first kappa shape index (κ1) is 88.9. The molecule has 0 bridgehead atoms. The molecule has 0 aromatic heterocycles. The molecule has 30 rings (SSSR count). The van der Waals surface area contributed by atoms with Crippen LogP contribution in [0.25, 0.3) is 274 Å². The highest BCUT2D eigenvalue weighted by Crippen LogP contribution is 2.57. The van der Waals surface area contributed by atoms with Gasteiger partial charge in [0.15, 0.2) is 0 Å². The molecule has 0 unspecified atom stereocenters. The molecule has 0 spiro atoms. The molecule has 0 nitrogen and oxygen atoms in total. The normalized spacial score (nSPS) is 12.6. The Morgan fingerprint density at radius 2 is 0.360 bits per heavy atom. The lowest BCUT2D eigenvalue weighted by Gasteiger charge is -2.23. The molecular formula is C150H102. The van der Waals surface area contributed by atoms with Gasteiger partial charge in [-0.15, -0.1) is 0 Å². The van der Waals surface area contributed by atoms with Gasteiger partial charge in [-0.05, 0) is 345 Å². The first-order valence-corrected chi connectivity index (χ1v) is 52.5. The molecule has 702 valence electrons. The summed E-state index contributed by atoms with van der Waals surface area (Å²) in [6.07, 6.45) is 0. The van der Waals surface area contributed by atoms with Crippen LogP contribution in [0.3, 0.4) is 0 Å². The fourth-order valence-corrected chi connectivity index (χ4v) is 25.4. The van der Waals surface area contributed by atoms with Crippen LogP contribution >= 0.6 is 0 Å². The minimum atomic E-state index is -0.0739. The van der Waals surface area contributed by atoms with Crippen molar-refractivity contribution in [2.45, 2.75) is 38.5 Å². The van der Waals surface area contributed by atoms with E-state index in [0.29, 0.717) is 0 Å². The van der Waals surface area contributed by atoms with Crippen LogP contribution < -0.4 is 0 Å². The van der Waals surface area contributed by atoms with E-state index in [2.05, 4.69) is 574 Å². The maximum Gasteiger partial charge on any atom is 0.0159 e. The van der Waals surface area contributed by atoms with Crippen LogP contribution in [-0.2, 0) is 10.8 Å². The summed E-state index contributed by atoms with van der Waals surface area (Å²) in [6, 6.07) is 202. The van der Waals surface area contributed by atoms with Crippen molar-refractivity contribution in [3.8, 4) is 145 Å². The molecule has 0 heterocycles. The van der Waals surface area contributed by atoms with Gasteiger partial charge in [-0.25, -0.2) is 0 Å². The fourth-order valence-electron chi connectivity index (χ4n) is 25.4. The van der Waals surface area contributed by atoms with E-state index in [1.807, 2.05) is 0 Å². The summed E-state index contributed by atoms with van der Waals surface area (Å²) in [5.74, 6) is 0. The van der Waals surface area contributed by atoms with Crippen molar-refractivity contribution in [2.24, 2.45) is 0 Å². The summed E-state index contributed by atoms with van der Waals surface area (Å²) in [7, 11) is 0. The van der Waals surface area contributed by atoms with E-state index in [4.69, 9.17) is 0 Å². The standard InChI is InChI=1S/C51H36.C50H32.C49H34/c1-51(2)47-22-11-10-18-40(47)41-29-28-38(32-48(41)51)49-43-19-8-9-20-44(43)50(42-21-12-16-36-15-6-7-17-39(36)42)46-31-37(27-30-45(46)49)35-25-23-34(24-26-35)33-13-4-3-5-14-33;1-2-12-33(13-3-1)35-22-25-36(26-23-35)49-44-20-10-11-21-45(44)50(40-27-24-34-14-4-5-15-37(34)30-40)48-32-39(28-29-46(48)49)47-31-38-16-6-7-17-41(38)42-18-8-9-19-43(42)47;1-49(2)45-21-10-9-17-38(45)39-26-25-36(30-46(39)49)47-41-18-7-8-19-42(41)48(40-20-11-15-32-13-5-6-16-37(32)40)44-29-35(24-27-43(44)47)34-23-22-31-12-3-4-14-33(31)28-34/h3-32H,1-2H3;1-32H;3-30H,1-2H3. The molecule has 2 aliphatic carbocycles. The molecule has 0 radical (unpaired) electrons. The van der Waals surface area contributed by atoms with E-state index >= 15 is 0 Å². The number of hydrogen-bond acceptors (Lipinski definition) is 0. The fraction of sp³-hybridized carbons (Fsp3) is 0.0400. The quantitative estimate of drug-likeness (QED) is 0.0894. The summed E-state index contributed by atoms with van der Waals surface area (Å²) in [4.78, 5) is 0. The SMILES string of the molecule is CC1(C)c2ccccc2-c2ccc(-c3c4ccccc4c(-c4cccc5ccccc45)c4cc(-c5ccc(-c6ccccc6)cc5)ccc34)cc21.CC1(C)c2ccccc2-c2ccc(-c3c4ccccc4c(-c4cccc5ccccc45)c4cc(-c5ccc6ccccc6c5)ccc34)cc21.c1ccc(-c2ccc(-c3c4ccccc4c(-c4ccc5ccccc5c4)c4cc(-c5cc6ccccc6c6ccccc56)ccc34)cc2)cc1. The number of benzene rings is 28. The monoisotopic (exact) mass is 1900 g/mol. The molecule has 0 saturated carbocycles. The molecular weight excluding hydrogens is 1800 g/mol. The van der Waals surface area contributed by atoms with Crippen LogP contribution in [0, 0.1) is 0 Å². The highest BCUT2D eigenvalue weighted by atomic mass is 14.4. The van der Waals surface area contributed by atoms with Gasteiger partial charge >= 0.3 is 0 Å². The van der Waals surface area contributed by atoms with Crippen LogP contribution in [0.4, 0.5) is 0 Å². The summed E-state index contributed by atoms with van der Waals surface area (Å²) >= 11 is 0. The Kier molecular flexibility index (Phi) is 21.5. The van der Waals surface area contributed by atoms with E-state index < -0.39 is 0 Å². The molecule has 28 aromatic carbocycles. The summed E-state index contributed by atoms with van der Waals surface area (Å²) < 4.78 is 0. The molecule has 0 saturated heterocycles. The van der Waals surface area contributed by atoms with Gasteiger partial charge in [-0.3, -0.25) is 0 Å². The Bertz CT molecular complexity index is 10400. The Morgan fingerprint density at radius 1 is 0.100 bits per heavy atom. The molecule has 0 aliphatic heterocycles. The summed E-state index contributed by atoms with van der Waals surface area (Å²) in [5.41, 5.74) is 38.4. The van der Waals surface area contributed by atoms with Gasteiger partial charge in [0.25, 0.3) is 0 Å². The van der Waals surface area contributed by atoms with Crippen molar-refractivity contribution < 1.29 is 0 Å². The Morgan fingerprint density at radius 3 is 0.833 bits per heavy atom. The van der Waals surface area contributed by atoms with Crippen molar-refractivity contribution in [1.82, 2.24) is 0 Å². The van der Waals surface area contributed by atoms with E-state index in [9.17, 15) is 0 Å². The zero-order valence-electron chi connectivity index (χ0n) is 84.0. The zero-order valence-corrected chi connectivity index (χ0v) is 84.0. The molecule has 0 fully saturated rings. The molecule has 2 aliphatic rings. The van der Waals surface area contributed by atoms with E-state index in [-0.39, 0.29) is 10.8 Å². The predicted molar refractivity (Wildman–Crippen MR) is 644 cm³/mol. The highest BCUT2D eigenvalue weighted by molar-refractivity contribution is 6.28. The second-order valence-corrected chi connectivity index (χ2v) is 41.8. The highest BCUT2D eigenvalue weighted by Gasteiger charge is 2.38. The van der Waals surface area contributed by atoms with Gasteiger partial charge in [0.05, 0.1) is 0 Å². The molecule has 0 N–H and O–H groups in total. The molecule has 28 aromatic rings. The van der Waals surface area contributed by atoms with Gasteiger partial charge < -0.3 is 0 Å². The minimum absolute atomic E-state index is 0.0698. The lowest BCUT2D eigenvalue weighted by molar-refractivity contribution is 0.660. The first-order chi connectivity index (χ1) is 73.9. The Balaban J connectivity index is 0.000000108. The smallest absolute Gasteiger partial charge is 0.0159 e. The van der Waals surface area contributed by atoms with Crippen molar-refractivity contribution >= 4 is 129 Å². The molecule has 0 atom stereocenters. The average molecular weight is 1900 g/mol. The maximum absolute atomic E-state index is 2.48. The predicted octanol–water partition coefficient (Wildman–Crippen LogP) is 41.8. The van der Waals surface area contributed by atoms with E-state index in [1.165, 1.54) is 296 Å². The Hall–Kier alpha value is -18.7. The van der Waals surface area contributed by atoms with Gasteiger partial charge in [-0.1, -0.05) is 525 Å². The summed E-state index contributed by atoms with van der Waals surface area (Å²) in [5, 5.41) is 30.4. The molecule has 0 heteroatoms. The van der Waals surface area contributed by atoms with E-state index in [0.717, 1.165) is 0 Å². The minimum Gasteiger partial charge on any atom is -0.0622 e. The second-order valence-electron chi connectivity index (χ2n) is 41.8. The van der Waals surface area contributed by atoms with Crippen LogP contribution in [0.2, 0.25) is 0 Å². The lowest BCUT2D eigenvalue weighted by atomic mass is 9.80. The third kappa shape index (κ3) is 14.9. The third-order valence-electron chi connectivity index (χ3n) is 32.7. The Labute approximate surface area is 874 Å². The topological polar surface area (TPSA) is 0 Å². The molecule has 150 heavy (non-hydrogen) atoms. The van der Waals surface area contributed by atoms with Crippen molar-refractivity contribution in [2.75, 3.05) is 0 Å². The number of hydrogen-bond donors (Lipinski definition) is 0. The largest absolute Gasteiger partial charge is 0.0622 e. The van der Waals surface area contributed by atoms with Crippen LogP contribution in [0.5, 0.6) is 0 Å². The lowest BCUT2D eigenvalue weighted by Crippen LogP contribution is -2.14. The average Bonchev–Trinajstić information content (AvgIpc) is 1.30. The maximum atomic E-state index is 2.48. The second kappa shape index (κ2) is 36.2. The zero-order chi connectivity index (χ0) is 99.8. The summed E-state index contributed by atoms with van der Waals surface area (Å²) in [6.45, 7) is 9.49. The van der Waals surface area contributed by atoms with Gasteiger partial charge in [0, 0.05) is 10.8 Å². The third-order valence-corrected chi connectivity index (χ3v) is 32.7. The van der Waals surface area contributed by atoms with Gasteiger partial charge in [0.2, 0.25) is 0 Å². The van der Waals surface area contributed by atoms with E-state index in [1.54, 1.807) is 0 Å². The number of rotatable bonds is 11. The van der Waals surface area contributed by atoms with Crippen LogP contribution in [0.15, 0.2) is 546 Å². The van der Waals surface area contributed by atoms with Crippen molar-refractivity contribution in [3.63, 3.8) is 0 Å². The van der Waals surface area contributed by atoms with Crippen molar-refractivity contribution in [1.29, 1.82) is 0 Å². The van der Waals surface area contributed by atoms with Crippen LogP contribution in [0.1, 0.15) is 49.9 Å². The van der Waals surface area contributed by atoms with Gasteiger partial charge in [0.1, 0.15) is 0 Å².